The van der Waals surface area contributed by atoms with Crippen molar-refractivity contribution in [3.05, 3.63) is 28.2 Å². The van der Waals surface area contributed by atoms with Crippen molar-refractivity contribution < 1.29 is 27.8 Å². The average Bonchev–Trinajstić information content (AvgIpc) is 2.78. The number of phenolic OH excluding ortho intramolecular Hbond substituents is 1. The summed E-state index contributed by atoms with van der Waals surface area (Å²) in [6.45, 7) is 4.00. The third-order valence-electron chi connectivity index (χ3n) is 2.39. The van der Waals surface area contributed by atoms with Crippen LogP contribution in [0, 0.1) is 0 Å². The molecule has 0 aromatic heterocycles. The van der Waals surface area contributed by atoms with Crippen LogP contribution >= 0.6 is 15.9 Å². The van der Waals surface area contributed by atoms with Crippen LogP contribution in [0.25, 0.3) is 0 Å². The molecule has 2 rings (SSSR count). The van der Waals surface area contributed by atoms with E-state index < -0.39 is 18.4 Å². The number of carbonyl (C=O) groups is 1. The highest BCUT2D eigenvalue weighted by Gasteiger charge is 2.47. The van der Waals surface area contributed by atoms with Crippen molar-refractivity contribution in [2.75, 3.05) is 0 Å². The zero-order chi connectivity index (χ0) is 16.2. The van der Waals surface area contributed by atoms with Crippen molar-refractivity contribution in [2.45, 2.75) is 32.7 Å². The first-order chi connectivity index (χ1) is 9.77. The third kappa shape index (κ3) is 4.45. The molecule has 1 heterocycles. The van der Waals surface area contributed by atoms with E-state index in [0.29, 0.717) is 10.0 Å². The molecule has 0 fully saturated rings. The lowest BCUT2D eigenvalue weighted by Gasteiger charge is -2.09. The number of alkyl halides is 3. The minimum Gasteiger partial charge on any atom is -0.507 e. The predicted molar refractivity (Wildman–Crippen MR) is 74.2 cm³/mol. The van der Waals surface area contributed by atoms with Crippen LogP contribution in [0.4, 0.5) is 13.2 Å². The van der Waals surface area contributed by atoms with Crippen molar-refractivity contribution in [1.29, 1.82) is 0 Å². The Balaban J connectivity index is 0.00000106. The smallest absolute Gasteiger partial charge is 0.447 e. The van der Waals surface area contributed by atoms with E-state index in [9.17, 15) is 23.1 Å². The highest BCUT2D eigenvalue weighted by Crippen LogP contribution is 2.29. The zero-order valence-corrected chi connectivity index (χ0v) is 12.8. The second-order valence-electron chi connectivity index (χ2n) is 3.84. The summed E-state index contributed by atoms with van der Waals surface area (Å²) in [5, 5.41) is 9.29. The van der Waals surface area contributed by atoms with Gasteiger partial charge in [-0.25, -0.2) is 9.79 Å². The molecule has 0 bridgehead atoms. The number of ether oxygens (including phenoxy) is 1. The minimum absolute atomic E-state index is 0.00662. The number of phenols is 1. The SMILES string of the molecule is CC.O=C1OC(C(F)(F)F)N=C1Cc1ccc(O)c(Br)c1. The summed E-state index contributed by atoms with van der Waals surface area (Å²) >= 11 is 3.07. The fourth-order valence-corrected chi connectivity index (χ4v) is 1.93. The van der Waals surface area contributed by atoms with Crippen LogP contribution in [0.15, 0.2) is 27.7 Å². The van der Waals surface area contributed by atoms with Crippen molar-refractivity contribution in [3.8, 4) is 5.75 Å². The maximum Gasteiger partial charge on any atom is 0.447 e. The van der Waals surface area contributed by atoms with Crippen LogP contribution in [-0.4, -0.2) is 29.2 Å². The molecule has 116 valence electrons. The third-order valence-corrected chi connectivity index (χ3v) is 3.03. The van der Waals surface area contributed by atoms with Crippen molar-refractivity contribution in [3.63, 3.8) is 0 Å². The molecule has 0 saturated carbocycles. The van der Waals surface area contributed by atoms with Crippen molar-refractivity contribution >= 4 is 27.6 Å². The Morgan fingerprint density at radius 1 is 1.38 bits per heavy atom. The van der Waals surface area contributed by atoms with Gasteiger partial charge in [-0.3, -0.25) is 0 Å². The number of cyclic esters (lactones) is 1. The Bertz CT molecular complexity index is 558. The van der Waals surface area contributed by atoms with Gasteiger partial charge in [0.2, 0.25) is 0 Å². The van der Waals surface area contributed by atoms with Gasteiger partial charge in [0.05, 0.1) is 4.47 Å². The van der Waals surface area contributed by atoms with E-state index in [2.05, 4.69) is 25.7 Å². The normalized spacial score (nSPS) is 17.7. The topological polar surface area (TPSA) is 58.9 Å². The van der Waals surface area contributed by atoms with Crippen molar-refractivity contribution in [1.82, 2.24) is 0 Å². The molecule has 4 nitrogen and oxygen atoms in total. The Kier molecular flexibility index (Phi) is 5.77. The summed E-state index contributed by atoms with van der Waals surface area (Å²) in [7, 11) is 0. The van der Waals surface area contributed by atoms with Gasteiger partial charge in [-0.2, -0.15) is 13.2 Å². The standard InChI is InChI=1S/C11H7BrF3NO3.C2H6/c12-6-3-5(1-2-8(6)17)4-7-9(18)19-10(16-7)11(13,14)15;1-2/h1-3,10,17H,4H2;1-2H3. The van der Waals surface area contributed by atoms with E-state index >= 15 is 0 Å². The molecule has 1 aromatic carbocycles. The van der Waals surface area contributed by atoms with E-state index in [1.165, 1.54) is 18.2 Å². The zero-order valence-electron chi connectivity index (χ0n) is 11.2. The Morgan fingerprint density at radius 3 is 2.48 bits per heavy atom. The monoisotopic (exact) mass is 367 g/mol. The van der Waals surface area contributed by atoms with Gasteiger partial charge in [0.1, 0.15) is 11.5 Å². The number of hydrogen-bond acceptors (Lipinski definition) is 4. The summed E-state index contributed by atoms with van der Waals surface area (Å²) in [6, 6.07) is 4.34. The van der Waals surface area contributed by atoms with Gasteiger partial charge < -0.3 is 9.84 Å². The van der Waals surface area contributed by atoms with Crippen LogP contribution in [0.3, 0.4) is 0 Å². The van der Waals surface area contributed by atoms with Crippen LogP contribution in [0.5, 0.6) is 5.75 Å². The highest BCUT2D eigenvalue weighted by atomic mass is 79.9. The fraction of sp³-hybridized carbons (Fsp3) is 0.385. The summed E-state index contributed by atoms with van der Waals surface area (Å²) in [5.74, 6) is -1.08. The first-order valence-corrected chi connectivity index (χ1v) is 6.88. The van der Waals surface area contributed by atoms with Crippen molar-refractivity contribution in [2.24, 2.45) is 4.99 Å². The molecule has 1 unspecified atom stereocenters. The lowest BCUT2D eigenvalue weighted by Crippen LogP contribution is -2.27. The lowest BCUT2D eigenvalue weighted by molar-refractivity contribution is -0.210. The maximum absolute atomic E-state index is 12.3. The van der Waals surface area contributed by atoms with E-state index in [4.69, 9.17) is 0 Å². The average molecular weight is 368 g/mol. The van der Waals surface area contributed by atoms with Gasteiger partial charge >= 0.3 is 12.1 Å². The molecular formula is C13H13BrF3NO3. The molecule has 0 amide bonds. The molecule has 8 heteroatoms. The molecule has 1 aliphatic rings. The van der Waals surface area contributed by atoms with E-state index in [-0.39, 0.29) is 17.9 Å². The number of aromatic hydroxyl groups is 1. The molecular weight excluding hydrogens is 355 g/mol. The molecule has 0 spiro atoms. The Hall–Kier alpha value is -1.57. The van der Waals surface area contributed by atoms with Crippen LogP contribution in [0.2, 0.25) is 0 Å². The number of esters is 1. The molecule has 1 aliphatic heterocycles. The lowest BCUT2D eigenvalue weighted by atomic mass is 10.1. The van der Waals surface area contributed by atoms with Gasteiger partial charge in [-0.1, -0.05) is 19.9 Å². The summed E-state index contributed by atoms with van der Waals surface area (Å²) in [6.07, 6.45) is -7.22. The number of rotatable bonds is 2. The maximum atomic E-state index is 12.3. The summed E-state index contributed by atoms with van der Waals surface area (Å²) in [5.41, 5.74) is 0.239. The van der Waals surface area contributed by atoms with Gasteiger partial charge in [-0.05, 0) is 33.6 Å². The largest absolute Gasteiger partial charge is 0.507 e. The van der Waals surface area contributed by atoms with Crippen LogP contribution in [0.1, 0.15) is 19.4 Å². The van der Waals surface area contributed by atoms with Gasteiger partial charge in [0, 0.05) is 6.42 Å². The number of halogens is 4. The number of carbonyl (C=O) groups excluding carboxylic acids is 1. The molecule has 1 N–H and O–H groups in total. The van der Waals surface area contributed by atoms with Gasteiger partial charge in [0.15, 0.2) is 0 Å². The van der Waals surface area contributed by atoms with E-state index in [1.807, 2.05) is 13.8 Å². The number of benzene rings is 1. The van der Waals surface area contributed by atoms with E-state index in [0.717, 1.165) is 0 Å². The number of nitrogens with zero attached hydrogens (tertiary/aromatic N) is 1. The first kappa shape index (κ1) is 17.5. The van der Waals surface area contributed by atoms with Crippen LogP contribution in [-0.2, 0) is 16.0 Å². The molecule has 0 saturated heterocycles. The van der Waals surface area contributed by atoms with Crippen LogP contribution < -0.4 is 0 Å². The Labute approximate surface area is 127 Å². The van der Waals surface area contributed by atoms with Gasteiger partial charge in [0.25, 0.3) is 6.23 Å². The predicted octanol–water partition coefficient (Wildman–Crippen LogP) is 3.61. The van der Waals surface area contributed by atoms with E-state index in [1.54, 1.807) is 0 Å². The Morgan fingerprint density at radius 2 is 2.00 bits per heavy atom. The molecule has 1 aromatic rings. The summed E-state index contributed by atoms with van der Waals surface area (Å²) in [4.78, 5) is 14.5. The first-order valence-electron chi connectivity index (χ1n) is 6.09. The highest BCUT2D eigenvalue weighted by molar-refractivity contribution is 9.10. The minimum atomic E-state index is -4.70. The fourth-order valence-electron chi connectivity index (χ4n) is 1.50. The van der Waals surface area contributed by atoms with Gasteiger partial charge in [-0.15, -0.1) is 0 Å². The molecule has 21 heavy (non-hydrogen) atoms. The second kappa shape index (κ2) is 6.93. The quantitative estimate of drug-likeness (QED) is 0.812. The molecule has 0 aliphatic carbocycles. The number of hydrogen-bond donors (Lipinski definition) is 1. The second-order valence-corrected chi connectivity index (χ2v) is 4.69. The number of aliphatic imine (C=N–C) groups is 1. The molecule has 0 radical (unpaired) electrons. The molecule has 1 atom stereocenters. The summed E-state index contributed by atoms with van der Waals surface area (Å²) < 4.78 is 41.5.